The number of nitrogens with zero attached hydrogens (tertiary/aromatic N) is 1. The average Bonchev–Trinajstić information content (AvgIpc) is 2.64. The van der Waals surface area contributed by atoms with Gasteiger partial charge in [-0.1, -0.05) is 43.7 Å². The Balaban J connectivity index is 1.90. The second-order valence-corrected chi connectivity index (χ2v) is 5.97. The lowest BCUT2D eigenvalue weighted by molar-refractivity contribution is -0.131. The van der Waals surface area contributed by atoms with Gasteiger partial charge in [-0.05, 0) is 32.6 Å². The topological polar surface area (TPSA) is 20.3 Å². The maximum Gasteiger partial charge on any atom is 0.230 e. The Kier molecular flexibility index (Phi) is 4.28. The third-order valence-electron chi connectivity index (χ3n) is 4.59. The molecular formula is C17H25NO. The summed E-state index contributed by atoms with van der Waals surface area (Å²) in [5.74, 6) is 0.965. The molecule has 1 aliphatic heterocycles. The van der Waals surface area contributed by atoms with Crippen LogP contribution in [0.25, 0.3) is 0 Å². The van der Waals surface area contributed by atoms with E-state index in [1.165, 1.54) is 12.8 Å². The molecule has 2 heteroatoms. The summed E-state index contributed by atoms with van der Waals surface area (Å²) in [6.07, 6.45) is 6.51. The monoisotopic (exact) mass is 259 g/mol. The van der Waals surface area contributed by atoms with E-state index in [1.54, 1.807) is 0 Å². The molecule has 1 heterocycles. The van der Waals surface area contributed by atoms with Gasteiger partial charge in [-0.25, -0.2) is 0 Å². The van der Waals surface area contributed by atoms with Gasteiger partial charge >= 0.3 is 0 Å². The first kappa shape index (κ1) is 14.1. The molecule has 1 aliphatic carbocycles. The summed E-state index contributed by atoms with van der Waals surface area (Å²) in [6, 6.07) is 0. The normalized spacial score (nSPS) is 26.5. The molecule has 0 aromatic heterocycles. The van der Waals surface area contributed by atoms with Crippen molar-refractivity contribution in [2.24, 2.45) is 11.8 Å². The van der Waals surface area contributed by atoms with Crippen LogP contribution in [0.4, 0.5) is 0 Å². The highest BCUT2D eigenvalue weighted by Gasteiger charge is 2.43. The largest absolute Gasteiger partial charge is 0.316 e. The number of hydrogen-bond donors (Lipinski definition) is 0. The van der Waals surface area contributed by atoms with Gasteiger partial charge in [-0.2, -0.15) is 0 Å². The summed E-state index contributed by atoms with van der Waals surface area (Å²) in [4.78, 5) is 14.3. The van der Waals surface area contributed by atoms with Crippen molar-refractivity contribution in [2.75, 3.05) is 6.54 Å². The molecule has 2 aliphatic rings. The first-order valence-electron chi connectivity index (χ1n) is 7.36. The molecule has 0 N–H and O–H groups in total. The average molecular weight is 259 g/mol. The Morgan fingerprint density at radius 3 is 2.47 bits per heavy atom. The first-order valence-corrected chi connectivity index (χ1v) is 7.36. The third-order valence-corrected chi connectivity index (χ3v) is 4.59. The number of carbonyl (C=O) groups excluding carboxylic acids is 1. The second kappa shape index (κ2) is 5.77. The molecule has 2 nitrogen and oxygen atoms in total. The SMILES string of the molecule is C=C(C)C(=C)CCCN1C(=C)C2CCCCC2C1=O. The van der Waals surface area contributed by atoms with Crippen LogP contribution in [0.1, 0.15) is 45.4 Å². The Bertz CT molecular complexity index is 397. The smallest absolute Gasteiger partial charge is 0.230 e. The summed E-state index contributed by atoms with van der Waals surface area (Å²) in [5.41, 5.74) is 3.20. The fraction of sp³-hybridized carbons (Fsp3) is 0.588. The second-order valence-electron chi connectivity index (χ2n) is 5.97. The highest BCUT2D eigenvalue weighted by Crippen LogP contribution is 2.42. The summed E-state index contributed by atoms with van der Waals surface area (Å²) >= 11 is 0. The molecule has 0 aromatic rings. The van der Waals surface area contributed by atoms with Crippen molar-refractivity contribution in [2.45, 2.75) is 45.4 Å². The number of carbonyl (C=O) groups is 1. The van der Waals surface area contributed by atoms with E-state index in [9.17, 15) is 4.79 Å². The molecule has 0 aromatic carbocycles. The van der Waals surface area contributed by atoms with E-state index in [0.29, 0.717) is 11.8 Å². The lowest BCUT2D eigenvalue weighted by atomic mass is 9.80. The van der Waals surface area contributed by atoms with Crippen molar-refractivity contribution in [3.05, 3.63) is 36.6 Å². The van der Waals surface area contributed by atoms with E-state index in [-0.39, 0.29) is 5.92 Å². The van der Waals surface area contributed by atoms with Crippen LogP contribution in [-0.2, 0) is 4.79 Å². The molecule has 0 bridgehead atoms. The van der Waals surface area contributed by atoms with Crippen LogP contribution in [0.3, 0.4) is 0 Å². The number of hydrogen-bond acceptors (Lipinski definition) is 1. The molecule has 2 atom stereocenters. The van der Waals surface area contributed by atoms with Crippen LogP contribution in [0.5, 0.6) is 0 Å². The molecular weight excluding hydrogens is 234 g/mol. The van der Waals surface area contributed by atoms with Crippen LogP contribution >= 0.6 is 0 Å². The number of amides is 1. The minimum absolute atomic E-state index is 0.227. The molecule has 2 rings (SSSR count). The van der Waals surface area contributed by atoms with Crippen LogP contribution in [-0.4, -0.2) is 17.4 Å². The summed E-state index contributed by atoms with van der Waals surface area (Å²) in [7, 11) is 0. The van der Waals surface area contributed by atoms with Crippen molar-refractivity contribution in [3.63, 3.8) is 0 Å². The number of fused-ring (bicyclic) bond motifs is 1. The zero-order valence-corrected chi connectivity index (χ0v) is 12.1. The summed E-state index contributed by atoms with van der Waals surface area (Å²) in [5, 5.41) is 0. The zero-order chi connectivity index (χ0) is 14.0. The highest BCUT2D eigenvalue weighted by molar-refractivity contribution is 5.84. The van der Waals surface area contributed by atoms with Crippen LogP contribution in [0.2, 0.25) is 0 Å². The Morgan fingerprint density at radius 2 is 1.89 bits per heavy atom. The number of allylic oxidation sites excluding steroid dienone is 3. The molecule has 2 fully saturated rings. The highest BCUT2D eigenvalue weighted by atomic mass is 16.2. The van der Waals surface area contributed by atoms with Crippen molar-refractivity contribution < 1.29 is 4.79 Å². The molecule has 2 unspecified atom stereocenters. The lowest BCUT2D eigenvalue weighted by Gasteiger charge is -2.22. The van der Waals surface area contributed by atoms with Crippen molar-refractivity contribution >= 4 is 5.91 Å². The molecule has 0 radical (unpaired) electrons. The fourth-order valence-electron chi connectivity index (χ4n) is 3.28. The van der Waals surface area contributed by atoms with Gasteiger partial charge in [0.2, 0.25) is 5.91 Å². The Labute approximate surface area is 116 Å². The Hall–Kier alpha value is -1.31. The van der Waals surface area contributed by atoms with Crippen LogP contribution in [0, 0.1) is 11.8 Å². The molecule has 104 valence electrons. The van der Waals surface area contributed by atoms with E-state index >= 15 is 0 Å². The predicted octanol–water partition coefficient (Wildman–Crippen LogP) is 4.06. The van der Waals surface area contributed by atoms with E-state index in [0.717, 1.165) is 49.1 Å². The predicted molar refractivity (Wildman–Crippen MR) is 79.5 cm³/mol. The maximum atomic E-state index is 12.4. The minimum atomic E-state index is 0.227. The van der Waals surface area contributed by atoms with Crippen molar-refractivity contribution in [1.82, 2.24) is 4.90 Å². The van der Waals surface area contributed by atoms with Gasteiger partial charge in [0.25, 0.3) is 0 Å². The van der Waals surface area contributed by atoms with Gasteiger partial charge in [0.15, 0.2) is 0 Å². The Morgan fingerprint density at radius 1 is 1.26 bits per heavy atom. The van der Waals surface area contributed by atoms with Gasteiger partial charge in [0, 0.05) is 24.1 Å². The third kappa shape index (κ3) is 2.83. The van der Waals surface area contributed by atoms with E-state index in [1.807, 2.05) is 11.8 Å². The number of likely N-dealkylation sites (tertiary alicyclic amines) is 1. The first-order chi connectivity index (χ1) is 9.02. The fourth-order valence-corrected chi connectivity index (χ4v) is 3.28. The van der Waals surface area contributed by atoms with E-state index in [4.69, 9.17) is 0 Å². The zero-order valence-electron chi connectivity index (χ0n) is 12.1. The summed E-state index contributed by atoms with van der Waals surface area (Å²) in [6.45, 7) is 14.8. The van der Waals surface area contributed by atoms with Crippen molar-refractivity contribution in [3.8, 4) is 0 Å². The summed E-state index contributed by atoms with van der Waals surface area (Å²) < 4.78 is 0. The molecule has 1 saturated carbocycles. The van der Waals surface area contributed by atoms with Gasteiger partial charge < -0.3 is 4.90 Å². The standard InChI is InChI=1S/C17H25NO/c1-12(2)13(3)8-7-11-18-14(4)15-9-5-6-10-16(15)17(18)19/h15-16H,1,3-11H2,2H3. The van der Waals surface area contributed by atoms with Gasteiger partial charge in [0.1, 0.15) is 0 Å². The maximum absolute atomic E-state index is 12.4. The molecule has 0 spiro atoms. The van der Waals surface area contributed by atoms with Crippen LogP contribution in [0.15, 0.2) is 36.6 Å². The van der Waals surface area contributed by atoms with E-state index < -0.39 is 0 Å². The molecule has 1 amide bonds. The van der Waals surface area contributed by atoms with Gasteiger partial charge in [-0.15, -0.1) is 0 Å². The van der Waals surface area contributed by atoms with Gasteiger partial charge in [-0.3, -0.25) is 4.79 Å². The molecule has 19 heavy (non-hydrogen) atoms. The van der Waals surface area contributed by atoms with E-state index in [2.05, 4.69) is 19.7 Å². The molecule has 1 saturated heterocycles. The minimum Gasteiger partial charge on any atom is -0.316 e. The van der Waals surface area contributed by atoms with Crippen LogP contribution < -0.4 is 0 Å². The quantitative estimate of drug-likeness (QED) is 0.682. The van der Waals surface area contributed by atoms with Crippen molar-refractivity contribution in [1.29, 1.82) is 0 Å². The lowest BCUT2D eigenvalue weighted by Crippen LogP contribution is -2.27. The number of rotatable bonds is 5. The van der Waals surface area contributed by atoms with Gasteiger partial charge in [0.05, 0.1) is 0 Å².